The molecule has 1 heterocycles. The number of hydrogen-bond donors (Lipinski definition) is 1. The van der Waals surface area contributed by atoms with E-state index in [0.717, 1.165) is 17.8 Å². The van der Waals surface area contributed by atoms with Crippen LogP contribution in [0.2, 0.25) is 0 Å². The Morgan fingerprint density at radius 3 is 2.89 bits per heavy atom. The van der Waals surface area contributed by atoms with E-state index in [1.165, 1.54) is 24.5 Å². The van der Waals surface area contributed by atoms with E-state index in [0.29, 0.717) is 0 Å². The van der Waals surface area contributed by atoms with Crippen molar-refractivity contribution in [3.63, 3.8) is 0 Å². The predicted molar refractivity (Wildman–Crippen MR) is 70.6 cm³/mol. The SMILES string of the molecule is CCNC(c1ccc(OC)c(F)c1)c1cscn1. The summed E-state index contributed by atoms with van der Waals surface area (Å²) >= 11 is 1.53. The quantitative estimate of drug-likeness (QED) is 0.903. The summed E-state index contributed by atoms with van der Waals surface area (Å²) in [7, 11) is 1.46. The van der Waals surface area contributed by atoms with E-state index < -0.39 is 0 Å². The van der Waals surface area contributed by atoms with Crippen LogP contribution in [0.25, 0.3) is 0 Å². The summed E-state index contributed by atoms with van der Waals surface area (Å²) in [6.07, 6.45) is 0. The number of rotatable bonds is 5. The van der Waals surface area contributed by atoms with Crippen molar-refractivity contribution < 1.29 is 9.13 Å². The third-order valence-corrected chi connectivity index (χ3v) is 3.27. The highest BCUT2D eigenvalue weighted by Gasteiger charge is 2.16. The average Bonchev–Trinajstić information content (AvgIpc) is 2.89. The fourth-order valence-electron chi connectivity index (χ4n) is 1.82. The fraction of sp³-hybridized carbons (Fsp3) is 0.308. The fourth-order valence-corrected chi connectivity index (χ4v) is 2.40. The van der Waals surface area contributed by atoms with Gasteiger partial charge in [-0.3, -0.25) is 0 Å². The summed E-state index contributed by atoms with van der Waals surface area (Å²) < 4.78 is 18.6. The van der Waals surface area contributed by atoms with E-state index in [4.69, 9.17) is 4.74 Å². The number of benzene rings is 1. The van der Waals surface area contributed by atoms with Gasteiger partial charge < -0.3 is 10.1 Å². The molecular weight excluding hydrogens is 251 g/mol. The largest absolute Gasteiger partial charge is 0.494 e. The van der Waals surface area contributed by atoms with Gasteiger partial charge in [0.05, 0.1) is 24.4 Å². The molecule has 5 heteroatoms. The Bertz CT molecular complexity index is 502. The summed E-state index contributed by atoms with van der Waals surface area (Å²) in [6.45, 7) is 2.80. The van der Waals surface area contributed by atoms with Gasteiger partial charge in [-0.05, 0) is 24.2 Å². The first-order valence-corrected chi connectivity index (χ1v) is 6.65. The second-order valence-electron chi connectivity index (χ2n) is 3.80. The first-order valence-electron chi connectivity index (χ1n) is 5.71. The van der Waals surface area contributed by atoms with Crippen LogP contribution in [0.1, 0.15) is 24.2 Å². The normalized spacial score (nSPS) is 12.4. The van der Waals surface area contributed by atoms with Crippen LogP contribution in [0, 0.1) is 5.82 Å². The predicted octanol–water partition coefficient (Wildman–Crippen LogP) is 2.99. The van der Waals surface area contributed by atoms with Crippen molar-refractivity contribution >= 4 is 11.3 Å². The minimum atomic E-state index is -0.354. The second-order valence-corrected chi connectivity index (χ2v) is 4.52. The zero-order valence-corrected chi connectivity index (χ0v) is 11.1. The van der Waals surface area contributed by atoms with Crippen molar-refractivity contribution in [1.29, 1.82) is 0 Å². The minimum absolute atomic E-state index is 0.0818. The maximum Gasteiger partial charge on any atom is 0.165 e. The molecule has 18 heavy (non-hydrogen) atoms. The third kappa shape index (κ3) is 2.68. The molecule has 3 nitrogen and oxygen atoms in total. The first-order chi connectivity index (χ1) is 8.76. The van der Waals surface area contributed by atoms with Crippen molar-refractivity contribution in [2.45, 2.75) is 13.0 Å². The van der Waals surface area contributed by atoms with Crippen molar-refractivity contribution in [3.8, 4) is 5.75 Å². The van der Waals surface area contributed by atoms with E-state index in [1.807, 2.05) is 18.4 Å². The number of hydrogen-bond acceptors (Lipinski definition) is 4. The van der Waals surface area contributed by atoms with E-state index in [-0.39, 0.29) is 17.6 Å². The highest BCUT2D eigenvalue weighted by molar-refractivity contribution is 7.07. The van der Waals surface area contributed by atoms with Crippen LogP contribution in [-0.2, 0) is 0 Å². The summed E-state index contributed by atoms with van der Waals surface area (Å²) in [4.78, 5) is 4.29. The molecule has 0 aliphatic carbocycles. The Morgan fingerprint density at radius 2 is 2.33 bits per heavy atom. The monoisotopic (exact) mass is 266 g/mol. The Morgan fingerprint density at radius 1 is 1.50 bits per heavy atom. The molecule has 0 saturated heterocycles. The Balaban J connectivity index is 2.34. The van der Waals surface area contributed by atoms with Crippen molar-refractivity contribution in [1.82, 2.24) is 10.3 Å². The van der Waals surface area contributed by atoms with E-state index in [2.05, 4.69) is 10.3 Å². The number of ether oxygens (including phenoxy) is 1. The number of thiazole rings is 1. The lowest BCUT2D eigenvalue weighted by atomic mass is 10.0. The van der Waals surface area contributed by atoms with Crippen molar-refractivity contribution in [3.05, 3.63) is 46.2 Å². The maximum absolute atomic E-state index is 13.7. The Hall–Kier alpha value is -1.46. The van der Waals surface area contributed by atoms with E-state index in [1.54, 1.807) is 11.6 Å². The molecule has 0 spiro atoms. The van der Waals surface area contributed by atoms with E-state index >= 15 is 0 Å². The minimum Gasteiger partial charge on any atom is -0.494 e. The van der Waals surface area contributed by atoms with Crippen LogP contribution in [0.3, 0.4) is 0 Å². The highest BCUT2D eigenvalue weighted by atomic mass is 32.1. The van der Waals surface area contributed by atoms with Gasteiger partial charge in [-0.2, -0.15) is 0 Å². The third-order valence-electron chi connectivity index (χ3n) is 2.66. The average molecular weight is 266 g/mol. The van der Waals surface area contributed by atoms with Crippen LogP contribution in [-0.4, -0.2) is 18.6 Å². The smallest absolute Gasteiger partial charge is 0.165 e. The summed E-state index contributed by atoms with van der Waals surface area (Å²) in [6, 6.07) is 4.91. The first kappa shape index (κ1) is 13.0. The highest BCUT2D eigenvalue weighted by Crippen LogP contribution is 2.26. The summed E-state index contributed by atoms with van der Waals surface area (Å²) in [5.41, 5.74) is 3.53. The number of nitrogens with zero attached hydrogens (tertiary/aromatic N) is 1. The summed E-state index contributed by atoms with van der Waals surface area (Å²) in [5, 5.41) is 5.27. The Labute approximate surface area is 110 Å². The zero-order valence-electron chi connectivity index (χ0n) is 10.3. The van der Waals surface area contributed by atoms with E-state index in [9.17, 15) is 4.39 Å². The molecule has 1 aromatic carbocycles. The lowest BCUT2D eigenvalue weighted by Crippen LogP contribution is -2.22. The molecular formula is C13H15FN2OS. The molecule has 1 N–H and O–H groups in total. The maximum atomic E-state index is 13.7. The Kier molecular flexibility index (Phi) is 4.28. The van der Waals surface area contributed by atoms with Gasteiger partial charge in [0.1, 0.15) is 0 Å². The lowest BCUT2D eigenvalue weighted by molar-refractivity contribution is 0.385. The molecule has 0 aliphatic heterocycles. The molecule has 0 bridgehead atoms. The van der Waals surface area contributed by atoms with Gasteiger partial charge in [0.2, 0.25) is 0 Å². The molecule has 1 aromatic heterocycles. The van der Waals surface area contributed by atoms with Gasteiger partial charge in [-0.25, -0.2) is 9.37 Å². The van der Waals surface area contributed by atoms with Gasteiger partial charge in [-0.1, -0.05) is 13.0 Å². The number of halogens is 1. The molecule has 2 rings (SSSR count). The van der Waals surface area contributed by atoms with Gasteiger partial charge >= 0.3 is 0 Å². The number of methoxy groups -OCH3 is 1. The standard InChI is InChI=1S/C13H15FN2OS/c1-3-15-13(11-7-18-8-16-11)9-4-5-12(17-2)10(14)6-9/h4-8,13,15H,3H2,1-2H3. The molecule has 0 fully saturated rings. The van der Waals surface area contributed by atoms with Crippen LogP contribution in [0.4, 0.5) is 4.39 Å². The van der Waals surface area contributed by atoms with Crippen molar-refractivity contribution in [2.24, 2.45) is 0 Å². The van der Waals surface area contributed by atoms with Crippen molar-refractivity contribution in [2.75, 3.05) is 13.7 Å². The second kappa shape index (κ2) is 5.93. The molecule has 1 atom stereocenters. The van der Waals surface area contributed by atoms with Gasteiger partial charge in [-0.15, -0.1) is 11.3 Å². The van der Waals surface area contributed by atoms with Crippen LogP contribution < -0.4 is 10.1 Å². The molecule has 1 unspecified atom stereocenters. The number of nitrogens with one attached hydrogen (secondary N) is 1. The molecule has 0 aliphatic rings. The van der Waals surface area contributed by atoms with Crippen LogP contribution in [0.5, 0.6) is 5.75 Å². The molecule has 0 saturated carbocycles. The van der Waals surface area contributed by atoms with Gasteiger partial charge in [0, 0.05) is 5.38 Å². The van der Waals surface area contributed by atoms with Crippen LogP contribution >= 0.6 is 11.3 Å². The zero-order chi connectivity index (χ0) is 13.0. The topological polar surface area (TPSA) is 34.1 Å². The molecule has 0 amide bonds. The molecule has 0 radical (unpaired) electrons. The lowest BCUT2D eigenvalue weighted by Gasteiger charge is -2.17. The molecule has 2 aromatic rings. The number of aromatic nitrogens is 1. The molecule has 96 valence electrons. The van der Waals surface area contributed by atoms with Crippen LogP contribution in [0.15, 0.2) is 29.1 Å². The summed E-state index contributed by atoms with van der Waals surface area (Å²) in [5.74, 6) is -0.0968. The van der Waals surface area contributed by atoms with Gasteiger partial charge in [0.15, 0.2) is 11.6 Å². The van der Waals surface area contributed by atoms with Gasteiger partial charge in [0.25, 0.3) is 0 Å².